The zero-order valence-electron chi connectivity index (χ0n) is 7.54. The van der Waals surface area contributed by atoms with Gasteiger partial charge in [0.05, 0.1) is 14.5 Å². The predicted octanol–water partition coefficient (Wildman–Crippen LogP) is 3.73. The van der Waals surface area contributed by atoms with Gasteiger partial charge in [-0.1, -0.05) is 18.5 Å². The van der Waals surface area contributed by atoms with Gasteiger partial charge in [0.25, 0.3) is 0 Å². The second-order valence-corrected chi connectivity index (χ2v) is 5.90. The predicted molar refractivity (Wildman–Crippen MR) is 61.3 cm³/mol. The van der Waals surface area contributed by atoms with Crippen LogP contribution in [0.25, 0.3) is 0 Å². The van der Waals surface area contributed by atoms with Crippen molar-refractivity contribution in [2.24, 2.45) is 0 Å². The minimum atomic E-state index is 0.0414. The number of rotatable bonds is 4. The zero-order valence-corrected chi connectivity index (χ0v) is 9.93. The van der Waals surface area contributed by atoms with Crippen LogP contribution in [-0.4, -0.2) is 16.8 Å². The van der Waals surface area contributed by atoms with Crippen molar-refractivity contribution in [2.45, 2.75) is 19.1 Å². The van der Waals surface area contributed by atoms with Crippen LogP contribution in [-0.2, 0) is 0 Å². The third-order valence-corrected chi connectivity index (χ3v) is 3.90. The van der Waals surface area contributed by atoms with Crippen molar-refractivity contribution in [1.29, 1.82) is 0 Å². The molecule has 0 bridgehead atoms. The molecule has 1 aromatic heterocycles. The Hall–Kier alpha value is 0.01000. The van der Waals surface area contributed by atoms with Crippen molar-refractivity contribution in [3.05, 3.63) is 21.3 Å². The largest absolute Gasteiger partial charge is 0.292 e. The molecule has 1 aromatic rings. The Labute approximate surface area is 91.5 Å². The Morgan fingerprint density at radius 2 is 2.38 bits per heavy atom. The van der Waals surface area contributed by atoms with E-state index in [1.165, 1.54) is 11.3 Å². The van der Waals surface area contributed by atoms with Gasteiger partial charge in [0.2, 0.25) is 0 Å². The lowest BCUT2D eigenvalue weighted by Gasteiger charge is -2.05. The zero-order chi connectivity index (χ0) is 9.84. The standard InChI is InChI=1S/C9H11ClOS2/c1-3-12-6(2)9(11)7-4-5-8(10)13-7/h4-6H,3H2,1-2H3. The molecule has 0 aliphatic heterocycles. The highest BCUT2D eigenvalue weighted by atomic mass is 35.5. The normalized spacial score (nSPS) is 12.8. The highest BCUT2D eigenvalue weighted by Crippen LogP contribution is 2.25. The van der Waals surface area contributed by atoms with Gasteiger partial charge in [0.1, 0.15) is 0 Å². The second-order valence-electron chi connectivity index (χ2n) is 2.57. The van der Waals surface area contributed by atoms with Crippen LogP contribution in [0.4, 0.5) is 0 Å². The Kier molecular flexibility index (Phi) is 4.29. The Morgan fingerprint density at radius 1 is 1.69 bits per heavy atom. The summed E-state index contributed by atoms with van der Waals surface area (Å²) >= 11 is 8.76. The minimum Gasteiger partial charge on any atom is -0.292 e. The third kappa shape index (κ3) is 3.01. The second kappa shape index (κ2) is 5.03. The van der Waals surface area contributed by atoms with Gasteiger partial charge in [-0.2, -0.15) is 11.8 Å². The molecule has 0 saturated carbocycles. The fourth-order valence-electron chi connectivity index (χ4n) is 0.973. The summed E-state index contributed by atoms with van der Waals surface area (Å²) in [4.78, 5) is 12.4. The number of hydrogen-bond acceptors (Lipinski definition) is 3. The van der Waals surface area contributed by atoms with E-state index in [0.29, 0.717) is 4.34 Å². The van der Waals surface area contributed by atoms with E-state index in [0.717, 1.165) is 10.6 Å². The number of carbonyl (C=O) groups is 1. The van der Waals surface area contributed by atoms with Crippen LogP contribution in [0.15, 0.2) is 12.1 Å². The quantitative estimate of drug-likeness (QED) is 0.739. The summed E-state index contributed by atoms with van der Waals surface area (Å²) in [5.74, 6) is 1.15. The first-order valence-electron chi connectivity index (χ1n) is 4.06. The molecule has 72 valence electrons. The monoisotopic (exact) mass is 234 g/mol. The van der Waals surface area contributed by atoms with Gasteiger partial charge in [-0.05, 0) is 24.8 Å². The van der Waals surface area contributed by atoms with Crippen LogP contribution in [0.3, 0.4) is 0 Å². The number of ketones is 1. The number of Topliss-reactive ketones (excluding diaryl/α,β-unsaturated/α-hetero) is 1. The van der Waals surface area contributed by atoms with Crippen molar-refractivity contribution >= 4 is 40.5 Å². The first-order valence-corrected chi connectivity index (χ1v) is 6.30. The average molecular weight is 235 g/mol. The van der Waals surface area contributed by atoms with Crippen LogP contribution in [0, 0.1) is 0 Å². The molecule has 0 fully saturated rings. The van der Waals surface area contributed by atoms with E-state index in [9.17, 15) is 4.79 Å². The minimum absolute atomic E-state index is 0.0414. The molecule has 1 unspecified atom stereocenters. The van der Waals surface area contributed by atoms with Crippen LogP contribution < -0.4 is 0 Å². The molecule has 0 aliphatic carbocycles. The Morgan fingerprint density at radius 3 is 2.85 bits per heavy atom. The number of carbonyl (C=O) groups excluding carboxylic acids is 1. The van der Waals surface area contributed by atoms with Gasteiger partial charge in [-0.15, -0.1) is 11.3 Å². The Bertz CT molecular complexity index is 296. The lowest BCUT2D eigenvalue weighted by Crippen LogP contribution is -2.11. The summed E-state index contributed by atoms with van der Waals surface area (Å²) in [5.41, 5.74) is 0. The average Bonchev–Trinajstić information content (AvgIpc) is 2.51. The van der Waals surface area contributed by atoms with Crippen molar-refractivity contribution in [2.75, 3.05) is 5.75 Å². The van der Waals surface area contributed by atoms with Gasteiger partial charge < -0.3 is 0 Å². The van der Waals surface area contributed by atoms with Gasteiger partial charge in [0, 0.05) is 0 Å². The molecule has 1 rings (SSSR count). The van der Waals surface area contributed by atoms with Crippen molar-refractivity contribution in [3.63, 3.8) is 0 Å². The maximum Gasteiger partial charge on any atom is 0.185 e. The number of hydrogen-bond donors (Lipinski definition) is 0. The van der Waals surface area contributed by atoms with E-state index in [4.69, 9.17) is 11.6 Å². The topological polar surface area (TPSA) is 17.1 Å². The van der Waals surface area contributed by atoms with E-state index >= 15 is 0 Å². The lowest BCUT2D eigenvalue weighted by molar-refractivity contribution is 0.0998. The van der Waals surface area contributed by atoms with Crippen LogP contribution in [0.1, 0.15) is 23.5 Å². The molecule has 1 atom stereocenters. The first kappa shape index (κ1) is 11.1. The summed E-state index contributed by atoms with van der Waals surface area (Å²) in [6.45, 7) is 3.99. The molecule has 1 nitrogen and oxygen atoms in total. The molecule has 0 aliphatic rings. The summed E-state index contributed by atoms with van der Waals surface area (Å²) in [7, 11) is 0. The summed E-state index contributed by atoms with van der Waals surface area (Å²) in [5, 5.41) is 0.0414. The van der Waals surface area contributed by atoms with E-state index < -0.39 is 0 Å². The Balaban J connectivity index is 2.67. The molecule has 1 heterocycles. The molecule has 0 amide bonds. The number of thiophene rings is 1. The van der Waals surface area contributed by atoms with Crippen LogP contribution >= 0.6 is 34.7 Å². The molecule has 0 spiro atoms. The van der Waals surface area contributed by atoms with E-state index in [-0.39, 0.29) is 11.0 Å². The lowest BCUT2D eigenvalue weighted by atomic mass is 10.2. The highest BCUT2D eigenvalue weighted by molar-refractivity contribution is 8.00. The van der Waals surface area contributed by atoms with Crippen LogP contribution in [0.5, 0.6) is 0 Å². The highest BCUT2D eigenvalue weighted by Gasteiger charge is 2.16. The van der Waals surface area contributed by atoms with Crippen LogP contribution in [0.2, 0.25) is 4.34 Å². The molecule has 13 heavy (non-hydrogen) atoms. The maximum absolute atomic E-state index is 11.7. The SMILES string of the molecule is CCSC(C)C(=O)c1ccc(Cl)s1. The first-order chi connectivity index (χ1) is 6.15. The fraction of sp³-hybridized carbons (Fsp3) is 0.444. The van der Waals surface area contributed by atoms with Gasteiger partial charge >= 0.3 is 0 Å². The van der Waals surface area contributed by atoms with E-state index in [1.54, 1.807) is 23.9 Å². The molecule has 0 N–H and O–H groups in total. The number of thioether (sulfide) groups is 1. The maximum atomic E-state index is 11.7. The number of halogens is 1. The van der Waals surface area contributed by atoms with Crippen molar-refractivity contribution < 1.29 is 4.79 Å². The van der Waals surface area contributed by atoms with E-state index in [1.807, 2.05) is 6.92 Å². The van der Waals surface area contributed by atoms with Crippen molar-refractivity contribution in [3.8, 4) is 0 Å². The molecular weight excluding hydrogens is 224 g/mol. The summed E-state index contributed by atoms with van der Waals surface area (Å²) < 4.78 is 0.678. The van der Waals surface area contributed by atoms with E-state index in [2.05, 4.69) is 6.92 Å². The third-order valence-electron chi connectivity index (χ3n) is 1.60. The molecule has 4 heteroatoms. The summed E-state index contributed by atoms with van der Waals surface area (Å²) in [6.07, 6.45) is 0. The molecule has 0 radical (unpaired) electrons. The van der Waals surface area contributed by atoms with Gasteiger partial charge in [-0.25, -0.2) is 0 Å². The smallest absolute Gasteiger partial charge is 0.185 e. The molecule has 0 aromatic carbocycles. The summed E-state index contributed by atoms with van der Waals surface area (Å²) in [6, 6.07) is 3.56. The fourth-order valence-corrected chi connectivity index (χ4v) is 2.90. The van der Waals surface area contributed by atoms with Gasteiger partial charge in [-0.3, -0.25) is 4.79 Å². The molecular formula is C9H11ClOS2. The van der Waals surface area contributed by atoms with Gasteiger partial charge in [0.15, 0.2) is 5.78 Å². The molecule has 0 saturated heterocycles. The van der Waals surface area contributed by atoms with Crippen molar-refractivity contribution in [1.82, 2.24) is 0 Å².